The van der Waals surface area contributed by atoms with Crippen molar-refractivity contribution in [2.45, 2.75) is 214 Å². The van der Waals surface area contributed by atoms with Crippen LogP contribution >= 0.6 is 0 Å². The van der Waals surface area contributed by atoms with Gasteiger partial charge in [-0.1, -0.05) is 223 Å². The maximum Gasteiger partial charge on any atom is 0.252 e. The average Bonchev–Trinajstić information content (AvgIpc) is 0.689. The molecule has 0 atom stereocenters. The van der Waals surface area contributed by atoms with Gasteiger partial charge in [0.25, 0.3) is 6.71 Å². The molecule has 2 aliphatic heterocycles. The molecule has 0 saturated carbocycles. The van der Waals surface area contributed by atoms with Crippen LogP contribution in [0.3, 0.4) is 0 Å². The Bertz CT molecular complexity index is 4270. The molecular weight excluding hydrogens is 1110 g/mol. The highest BCUT2D eigenvalue weighted by molar-refractivity contribution is 7.00. The topological polar surface area (TPSA) is 13.0 Å². The zero-order valence-electron chi connectivity index (χ0n) is 59.5. The second-order valence-electron chi connectivity index (χ2n) is 34.6. The highest BCUT2D eigenvalue weighted by Gasteiger charge is 2.48. The van der Waals surface area contributed by atoms with E-state index in [2.05, 4.69) is 347 Å². The van der Waals surface area contributed by atoms with E-state index in [1.807, 2.05) is 0 Å². The van der Waals surface area contributed by atoms with Gasteiger partial charge < -0.3 is 19.6 Å². The normalized spacial score (nSPS) is 16.9. The molecule has 4 aliphatic rings. The summed E-state index contributed by atoms with van der Waals surface area (Å²) >= 11 is 0. The Labute approximate surface area is 554 Å². The van der Waals surface area contributed by atoms with Crippen LogP contribution < -0.4 is 36.0 Å². The van der Waals surface area contributed by atoms with Gasteiger partial charge in [0.05, 0.1) is 5.69 Å². The number of nitrogens with zero attached hydrogens (tertiary/aromatic N) is 4. The van der Waals surface area contributed by atoms with Crippen LogP contribution in [0.1, 0.15) is 214 Å². The number of fused-ring (bicyclic) bond motifs is 6. The van der Waals surface area contributed by atoms with Crippen LogP contribution in [-0.2, 0) is 43.3 Å². The summed E-state index contributed by atoms with van der Waals surface area (Å²) in [4.78, 5) is 10.4. The Morgan fingerprint density at radius 3 is 1.18 bits per heavy atom. The molecule has 0 radical (unpaired) electrons. The minimum Gasteiger partial charge on any atom is -0.311 e. The maximum atomic E-state index is 2.74. The second-order valence-corrected chi connectivity index (χ2v) is 34.6. The number of benzene rings is 9. The molecule has 0 bridgehead atoms. The standard InChI is InChI=1S/C87H101BN4/c1-56-49-60(83(11,12)13)33-44-74(56)92-75-51-66(89(61-25-23-22-24-26-61)62-34-27-57(28-35-62)80(2,3)4)41-43-72(75)88-73-54-70-71(87(20,21)48-47-86(70,18)19)55-76(73)91(65-40-42-68-69(50-65)85(16,17)46-45-84(68,14)15)77-52-67(53-78(92)79(77)88)90(63-36-29-58(30-37-63)81(5,6)7)64-38-31-59(32-39-64)82(8,9)10/h22-44,49-55H,45-48H2,1-21H3. The van der Waals surface area contributed by atoms with Crippen LogP contribution in [0.25, 0.3) is 0 Å². The molecule has 13 rings (SSSR count). The third kappa shape index (κ3) is 10.9. The molecule has 472 valence electrons. The molecule has 5 heteroatoms. The van der Waals surface area contributed by atoms with Crippen LogP contribution in [-0.4, -0.2) is 6.71 Å². The van der Waals surface area contributed by atoms with Crippen LogP contribution in [0.2, 0.25) is 0 Å². The minimum absolute atomic E-state index is 0.00710. The SMILES string of the molecule is Cc1cc(C(C)(C)C)ccc1N1c2cc(N(c3ccccc3)c3ccc(C(C)(C)C)cc3)ccc2B2c3cc4c(cc3N(c3ccc5c(c3)C(C)(C)CCC5(C)C)c3cc(N(c5ccc(C(C)(C)C)cc5)c5ccc(C(C)(C)C)cc5)cc1c32)C(C)(C)CCC4(C)C. The van der Waals surface area contributed by atoms with E-state index in [1.165, 1.54) is 101 Å². The summed E-state index contributed by atoms with van der Waals surface area (Å²) in [7, 11) is 0. The lowest BCUT2D eigenvalue weighted by Crippen LogP contribution is -2.62. The number of hydrogen-bond acceptors (Lipinski definition) is 4. The van der Waals surface area contributed by atoms with Crippen molar-refractivity contribution >= 4 is 91.3 Å². The van der Waals surface area contributed by atoms with Crippen molar-refractivity contribution in [1.82, 2.24) is 0 Å². The highest BCUT2D eigenvalue weighted by Crippen LogP contribution is 2.55. The average molecular weight is 1210 g/mol. The van der Waals surface area contributed by atoms with Gasteiger partial charge in [0.2, 0.25) is 0 Å². The van der Waals surface area contributed by atoms with Gasteiger partial charge in [-0.25, -0.2) is 0 Å². The molecule has 0 saturated heterocycles. The van der Waals surface area contributed by atoms with Crippen LogP contribution in [0.15, 0.2) is 182 Å². The van der Waals surface area contributed by atoms with E-state index >= 15 is 0 Å². The lowest BCUT2D eigenvalue weighted by atomic mass is 9.33. The van der Waals surface area contributed by atoms with Crippen LogP contribution in [0.5, 0.6) is 0 Å². The summed E-state index contributed by atoms with van der Waals surface area (Å²) in [6, 6.07) is 72.1. The summed E-state index contributed by atoms with van der Waals surface area (Å²) in [5, 5.41) is 0. The molecule has 0 amide bonds. The molecule has 0 spiro atoms. The molecule has 0 unspecified atom stereocenters. The monoisotopic (exact) mass is 1210 g/mol. The molecule has 2 aliphatic carbocycles. The first kappa shape index (κ1) is 63.0. The number of anilines is 12. The molecule has 0 aromatic heterocycles. The Morgan fingerprint density at radius 2 is 0.707 bits per heavy atom. The predicted octanol–water partition coefficient (Wildman–Crippen LogP) is 22.9. The Balaban J connectivity index is 1.19. The number of rotatable bonds is 8. The van der Waals surface area contributed by atoms with Crippen LogP contribution in [0, 0.1) is 6.92 Å². The van der Waals surface area contributed by atoms with Gasteiger partial charge in [-0.2, -0.15) is 0 Å². The fourth-order valence-corrected chi connectivity index (χ4v) is 15.7. The van der Waals surface area contributed by atoms with Gasteiger partial charge in [-0.3, -0.25) is 0 Å². The van der Waals surface area contributed by atoms with Crippen molar-refractivity contribution in [3.8, 4) is 0 Å². The van der Waals surface area contributed by atoms with E-state index in [9.17, 15) is 0 Å². The molecule has 0 N–H and O–H groups in total. The fourth-order valence-electron chi connectivity index (χ4n) is 15.7. The van der Waals surface area contributed by atoms with Gasteiger partial charge in [0.1, 0.15) is 0 Å². The lowest BCUT2D eigenvalue weighted by Gasteiger charge is -2.48. The zero-order valence-corrected chi connectivity index (χ0v) is 59.5. The molecular formula is C87H101BN4. The third-order valence-electron chi connectivity index (χ3n) is 21.9. The van der Waals surface area contributed by atoms with Crippen molar-refractivity contribution in [3.63, 3.8) is 0 Å². The summed E-state index contributed by atoms with van der Waals surface area (Å²) in [5.41, 5.74) is 30.3. The second kappa shape index (κ2) is 21.7. The van der Waals surface area contributed by atoms with E-state index in [4.69, 9.17) is 0 Å². The highest BCUT2D eigenvalue weighted by atomic mass is 15.2. The largest absolute Gasteiger partial charge is 0.311 e. The summed E-state index contributed by atoms with van der Waals surface area (Å²) in [5.74, 6) is 0. The van der Waals surface area contributed by atoms with Crippen molar-refractivity contribution in [2.75, 3.05) is 19.6 Å². The van der Waals surface area contributed by atoms with Crippen molar-refractivity contribution < 1.29 is 0 Å². The summed E-state index contributed by atoms with van der Waals surface area (Å²) in [6.07, 6.45) is 4.56. The third-order valence-corrected chi connectivity index (χ3v) is 21.9. The molecule has 9 aromatic rings. The van der Waals surface area contributed by atoms with Gasteiger partial charge in [-0.15, -0.1) is 0 Å². The van der Waals surface area contributed by atoms with Gasteiger partial charge in [-0.05, 0) is 239 Å². The first-order chi connectivity index (χ1) is 43.0. The van der Waals surface area contributed by atoms with Crippen LogP contribution in [0.4, 0.5) is 68.2 Å². The first-order valence-electron chi connectivity index (χ1n) is 34.4. The fraction of sp³-hybridized carbons (Fsp3) is 0.379. The minimum atomic E-state index is -0.115. The molecule has 0 fully saturated rings. The zero-order chi connectivity index (χ0) is 65.8. The van der Waals surface area contributed by atoms with E-state index < -0.39 is 0 Å². The molecule has 4 nitrogen and oxygen atoms in total. The van der Waals surface area contributed by atoms with E-state index in [1.54, 1.807) is 0 Å². The number of aryl methyl sites for hydroxylation is 1. The van der Waals surface area contributed by atoms with E-state index in [-0.39, 0.29) is 50.0 Å². The van der Waals surface area contributed by atoms with Crippen molar-refractivity contribution in [3.05, 3.63) is 232 Å². The Kier molecular flexibility index (Phi) is 14.8. The summed E-state index contributed by atoms with van der Waals surface area (Å²) < 4.78 is 0. The lowest BCUT2D eigenvalue weighted by molar-refractivity contribution is 0.332. The Hall–Kier alpha value is -7.76. The van der Waals surface area contributed by atoms with E-state index in [0.29, 0.717) is 0 Å². The van der Waals surface area contributed by atoms with Gasteiger partial charge in [0.15, 0.2) is 0 Å². The predicted molar refractivity (Wildman–Crippen MR) is 400 cm³/mol. The van der Waals surface area contributed by atoms with Crippen molar-refractivity contribution in [2.24, 2.45) is 0 Å². The Morgan fingerprint density at radius 1 is 0.315 bits per heavy atom. The molecule has 92 heavy (non-hydrogen) atoms. The summed E-state index contributed by atoms with van der Waals surface area (Å²) in [6.45, 7) is 50.0. The smallest absolute Gasteiger partial charge is 0.252 e. The van der Waals surface area contributed by atoms with Crippen molar-refractivity contribution in [1.29, 1.82) is 0 Å². The van der Waals surface area contributed by atoms with Gasteiger partial charge >= 0.3 is 0 Å². The number of para-hydroxylation sites is 1. The number of hydrogen-bond donors (Lipinski definition) is 0. The molecule has 9 aromatic carbocycles. The maximum absolute atomic E-state index is 2.74. The molecule has 2 heterocycles. The van der Waals surface area contributed by atoms with E-state index in [0.717, 1.165) is 59.8 Å². The van der Waals surface area contributed by atoms with Gasteiger partial charge in [0, 0.05) is 62.6 Å². The first-order valence-corrected chi connectivity index (χ1v) is 34.4. The quantitative estimate of drug-likeness (QED) is 0.141.